The lowest BCUT2D eigenvalue weighted by molar-refractivity contribution is -0.142. The molecular weight excluding hydrogens is 473 g/mol. The zero-order valence-corrected chi connectivity index (χ0v) is 20.4. The summed E-state index contributed by atoms with van der Waals surface area (Å²) >= 11 is 12.3. The standard InChI is InChI=1S/C27H25Cl2NO4/c1-18(2)21-6-3-4-9-25(21)30-26(31)17-34-27(32)15-12-19-10-13-20(14-11-19)33-16-22-23(28)7-5-8-24(22)29/h3-15,18H,16-17H2,1-2H3,(H,30,31)/b15-12+. The summed E-state index contributed by atoms with van der Waals surface area (Å²) in [6.07, 6.45) is 2.87. The molecule has 0 spiro atoms. The molecule has 0 aliphatic rings. The molecule has 5 nitrogen and oxygen atoms in total. The fourth-order valence-electron chi connectivity index (χ4n) is 3.15. The number of carbonyl (C=O) groups excluding carboxylic acids is 2. The van der Waals surface area contributed by atoms with E-state index in [1.165, 1.54) is 6.08 Å². The molecule has 3 aromatic carbocycles. The van der Waals surface area contributed by atoms with Crippen molar-refractivity contribution in [3.05, 3.63) is 99.5 Å². The fraction of sp³-hybridized carbons (Fsp3) is 0.185. The molecule has 7 heteroatoms. The number of hydrogen-bond acceptors (Lipinski definition) is 4. The van der Waals surface area contributed by atoms with Crippen LogP contribution < -0.4 is 10.1 Å². The number of rotatable bonds is 9. The molecule has 0 aromatic heterocycles. The van der Waals surface area contributed by atoms with Gasteiger partial charge in [-0.3, -0.25) is 4.79 Å². The Hall–Kier alpha value is -3.28. The maximum atomic E-state index is 12.2. The van der Waals surface area contributed by atoms with Crippen molar-refractivity contribution in [1.29, 1.82) is 0 Å². The number of benzene rings is 3. The van der Waals surface area contributed by atoms with Gasteiger partial charge in [-0.15, -0.1) is 0 Å². The minimum atomic E-state index is -0.610. The molecule has 1 N–H and O–H groups in total. The highest BCUT2D eigenvalue weighted by Crippen LogP contribution is 2.26. The second-order valence-corrected chi connectivity index (χ2v) is 8.60. The summed E-state index contributed by atoms with van der Waals surface area (Å²) in [5.74, 6) is -0.113. The van der Waals surface area contributed by atoms with Gasteiger partial charge in [-0.2, -0.15) is 0 Å². The first-order valence-corrected chi connectivity index (χ1v) is 11.5. The molecule has 0 radical (unpaired) electrons. The Kier molecular flexibility index (Phi) is 9.14. The molecule has 0 heterocycles. The summed E-state index contributed by atoms with van der Waals surface area (Å²) in [6, 6.07) is 20.0. The molecule has 0 bridgehead atoms. The first kappa shape index (κ1) is 25.3. The predicted molar refractivity (Wildman–Crippen MR) is 136 cm³/mol. The normalized spacial score (nSPS) is 11.0. The Morgan fingerprint density at radius 2 is 1.62 bits per heavy atom. The van der Waals surface area contributed by atoms with Gasteiger partial charge >= 0.3 is 5.97 Å². The van der Waals surface area contributed by atoms with Crippen molar-refractivity contribution in [3.8, 4) is 5.75 Å². The molecule has 3 aromatic rings. The van der Waals surface area contributed by atoms with Crippen LogP contribution in [0.4, 0.5) is 5.69 Å². The van der Waals surface area contributed by atoms with E-state index in [-0.39, 0.29) is 19.1 Å². The minimum Gasteiger partial charge on any atom is -0.489 e. The molecule has 0 saturated heterocycles. The van der Waals surface area contributed by atoms with E-state index >= 15 is 0 Å². The van der Waals surface area contributed by atoms with Crippen molar-refractivity contribution in [1.82, 2.24) is 0 Å². The number of halogens is 2. The highest BCUT2D eigenvalue weighted by atomic mass is 35.5. The van der Waals surface area contributed by atoms with Gasteiger partial charge in [-0.05, 0) is 53.5 Å². The van der Waals surface area contributed by atoms with Crippen LogP contribution in [0.1, 0.15) is 36.5 Å². The Morgan fingerprint density at radius 3 is 2.29 bits per heavy atom. The Labute approximate surface area is 209 Å². The average Bonchev–Trinajstić information content (AvgIpc) is 2.82. The summed E-state index contributed by atoms with van der Waals surface area (Å²) in [5.41, 5.74) is 3.22. The summed E-state index contributed by atoms with van der Waals surface area (Å²) in [4.78, 5) is 24.2. The van der Waals surface area contributed by atoms with E-state index in [1.807, 2.05) is 38.1 Å². The van der Waals surface area contributed by atoms with E-state index in [1.54, 1.807) is 48.5 Å². The summed E-state index contributed by atoms with van der Waals surface area (Å²) in [5, 5.41) is 3.88. The summed E-state index contributed by atoms with van der Waals surface area (Å²) in [7, 11) is 0. The van der Waals surface area contributed by atoms with Crippen LogP contribution in [0.3, 0.4) is 0 Å². The van der Waals surface area contributed by atoms with Crippen LogP contribution in [0.25, 0.3) is 6.08 Å². The molecule has 0 aliphatic heterocycles. The van der Waals surface area contributed by atoms with Gasteiger partial charge in [0.25, 0.3) is 5.91 Å². The van der Waals surface area contributed by atoms with E-state index in [9.17, 15) is 9.59 Å². The maximum Gasteiger partial charge on any atom is 0.331 e. The van der Waals surface area contributed by atoms with Gasteiger partial charge in [0.15, 0.2) is 6.61 Å². The highest BCUT2D eigenvalue weighted by molar-refractivity contribution is 6.35. The molecule has 176 valence electrons. The molecule has 0 fully saturated rings. The van der Waals surface area contributed by atoms with Crippen molar-refractivity contribution in [3.63, 3.8) is 0 Å². The lowest BCUT2D eigenvalue weighted by Crippen LogP contribution is -2.21. The number of nitrogens with one attached hydrogen (secondary N) is 1. The van der Waals surface area contributed by atoms with E-state index in [0.717, 1.165) is 11.1 Å². The molecule has 3 rings (SSSR count). The highest BCUT2D eigenvalue weighted by Gasteiger charge is 2.11. The molecule has 34 heavy (non-hydrogen) atoms. The van der Waals surface area contributed by atoms with Gasteiger partial charge in [0, 0.05) is 27.4 Å². The van der Waals surface area contributed by atoms with Gasteiger partial charge in [0.05, 0.1) is 0 Å². The second-order valence-electron chi connectivity index (χ2n) is 7.79. The molecule has 0 atom stereocenters. The van der Waals surface area contributed by atoms with Crippen LogP contribution in [-0.4, -0.2) is 18.5 Å². The number of anilines is 1. The third-order valence-electron chi connectivity index (χ3n) is 4.94. The van der Waals surface area contributed by atoms with Gasteiger partial charge < -0.3 is 14.8 Å². The SMILES string of the molecule is CC(C)c1ccccc1NC(=O)COC(=O)/C=C/c1ccc(OCc2c(Cl)cccc2Cl)cc1. The van der Waals surface area contributed by atoms with E-state index in [0.29, 0.717) is 27.0 Å². The van der Waals surface area contributed by atoms with Crippen LogP contribution >= 0.6 is 23.2 Å². The fourth-order valence-corrected chi connectivity index (χ4v) is 3.66. The molecule has 1 amide bonds. The van der Waals surface area contributed by atoms with Crippen molar-refractivity contribution in [2.75, 3.05) is 11.9 Å². The molecular formula is C27H25Cl2NO4. The lowest BCUT2D eigenvalue weighted by Gasteiger charge is -2.13. The summed E-state index contributed by atoms with van der Waals surface area (Å²) in [6.45, 7) is 3.96. The van der Waals surface area contributed by atoms with Crippen LogP contribution in [0.15, 0.2) is 72.8 Å². The van der Waals surface area contributed by atoms with E-state index in [2.05, 4.69) is 5.32 Å². The monoisotopic (exact) mass is 497 g/mol. The molecule has 0 saturated carbocycles. The van der Waals surface area contributed by atoms with Crippen LogP contribution in [0.2, 0.25) is 10.0 Å². The minimum absolute atomic E-state index is 0.240. The number of para-hydroxylation sites is 1. The van der Waals surface area contributed by atoms with Crippen LogP contribution in [0, 0.1) is 0 Å². The first-order chi connectivity index (χ1) is 16.3. The van der Waals surface area contributed by atoms with E-state index < -0.39 is 11.9 Å². The first-order valence-electron chi connectivity index (χ1n) is 10.7. The third kappa shape index (κ3) is 7.37. The van der Waals surface area contributed by atoms with Crippen molar-refractivity contribution in [2.45, 2.75) is 26.4 Å². The number of amides is 1. The predicted octanol–water partition coefficient (Wildman–Crippen LogP) is 6.89. The van der Waals surface area contributed by atoms with E-state index in [4.69, 9.17) is 32.7 Å². The van der Waals surface area contributed by atoms with Crippen LogP contribution in [0.5, 0.6) is 5.75 Å². The second kappa shape index (κ2) is 12.3. The zero-order valence-electron chi connectivity index (χ0n) is 18.9. The van der Waals surface area contributed by atoms with Crippen LogP contribution in [-0.2, 0) is 20.9 Å². The topological polar surface area (TPSA) is 64.6 Å². The van der Waals surface area contributed by atoms with Crippen molar-refractivity contribution >= 4 is 46.8 Å². The third-order valence-corrected chi connectivity index (χ3v) is 5.65. The Bertz CT molecular complexity index is 1150. The van der Waals surface area contributed by atoms with Gasteiger partial charge in [-0.25, -0.2) is 4.79 Å². The largest absolute Gasteiger partial charge is 0.489 e. The Morgan fingerprint density at radius 1 is 0.941 bits per heavy atom. The number of ether oxygens (including phenoxy) is 2. The average molecular weight is 498 g/mol. The number of carbonyl (C=O) groups is 2. The molecule has 0 aliphatic carbocycles. The van der Waals surface area contributed by atoms with Gasteiger partial charge in [0.1, 0.15) is 12.4 Å². The van der Waals surface area contributed by atoms with Gasteiger partial charge in [-0.1, -0.05) is 73.4 Å². The Balaban J connectivity index is 1.47. The summed E-state index contributed by atoms with van der Waals surface area (Å²) < 4.78 is 10.8. The zero-order chi connectivity index (χ0) is 24.5. The van der Waals surface area contributed by atoms with Gasteiger partial charge in [0.2, 0.25) is 0 Å². The quantitative estimate of drug-likeness (QED) is 0.258. The van der Waals surface area contributed by atoms with Crippen molar-refractivity contribution < 1.29 is 19.1 Å². The lowest BCUT2D eigenvalue weighted by atomic mass is 10.0. The van der Waals surface area contributed by atoms with Crippen molar-refractivity contribution in [2.24, 2.45) is 0 Å². The smallest absolute Gasteiger partial charge is 0.331 e. The molecule has 0 unspecified atom stereocenters. The number of esters is 1. The number of hydrogen-bond donors (Lipinski definition) is 1. The maximum absolute atomic E-state index is 12.2.